The van der Waals surface area contributed by atoms with E-state index in [-0.39, 0.29) is 5.56 Å². The second kappa shape index (κ2) is 6.94. The molecule has 1 aliphatic rings. The molecule has 1 saturated carbocycles. The second-order valence-electron chi connectivity index (χ2n) is 5.74. The number of hydrogen-bond donors (Lipinski definition) is 1. The van der Waals surface area contributed by atoms with Crippen molar-refractivity contribution in [3.8, 4) is 0 Å². The number of pyridine rings is 1. The van der Waals surface area contributed by atoms with Gasteiger partial charge in [0.05, 0.1) is 0 Å². The third-order valence-corrected chi connectivity index (χ3v) is 4.35. The van der Waals surface area contributed by atoms with Crippen LogP contribution in [0.3, 0.4) is 0 Å². The van der Waals surface area contributed by atoms with Crippen LogP contribution >= 0.6 is 11.6 Å². The van der Waals surface area contributed by atoms with Gasteiger partial charge in [0.1, 0.15) is 0 Å². The number of hydrogen-bond acceptors (Lipinski definition) is 1. The minimum Gasteiger partial charge on any atom is -0.329 e. The van der Waals surface area contributed by atoms with Crippen LogP contribution in [0.15, 0.2) is 29.2 Å². The van der Waals surface area contributed by atoms with Gasteiger partial charge in [0.2, 0.25) is 0 Å². The van der Waals surface area contributed by atoms with Crippen molar-refractivity contribution >= 4 is 22.4 Å². The molecule has 0 spiro atoms. The Bertz CT molecular complexity index is 626. The van der Waals surface area contributed by atoms with E-state index in [1.807, 2.05) is 19.1 Å². The first-order chi connectivity index (χ1) is 9.58. The highest BCUT2D eigenvalue weighted by molar-refractivity contribution is 6.32. The molecule has 1 aliphatic carbocycles. The maximum absolute atomic E-state index is 11.3. The first kappa shape index (κ1) is 15.1. The lowest BCUT2D eigenvalue weighted by Gasteiger charge is -2.15. The average Bonchev–Trinajstić information content (AvgIpc) is 2.43. The molecule has 20 heavy (non-hydrogen) atoms. The number of aromatic nitrogens is 1. The third-order valence-electron chi connectivity index (χ3n) is 3.95. The van der Waals surface area contributed by atoms with Crippen molar-refractivity contribution in [3.05, 3.63) is 45.3 Å². The Labute approximate surface area is 125 Å². The highest BCUT2D eigenvalue weighted by atomic mass is 35.5. The van der Waals surface area contributed by atoms with Crippen LogP contribution in [-0.2, 0) is 0 Å². The molecule has 1 aromatic carbocycles. The van der Waals surface area contributed by atoms with Gasteiger partial charge in [-0.1, -0.05) is 50.6 Å². The first-order valence-corrected chi connectivity index (χ1v) is 7.73. The molecule has 3 rings (SSSR count). The van der Waals surface area contributed by atoms with Crippen LogP contribution in [0.5, 0.6) is 0 Å². The average molecular weight is 292 g/mol. The Morgan fingerprint density at radius 1 is 1.20 bits per heavy atom. The summed E-state index contributed by atoms with van der Waals surface area (Å²) >= 11 is 5.91. The van der Waals surface area contributed by atoms with Crippen molar-refractivity contribution in [2.24, 2.45) is 5.92 Å². The molecule has 0 amide bonds. The summed E-state index contributed by atoms with van der Waals surface area (Å²) in [5, 5.41) is 2.19. The minimum atomic E-state index is -0.0978. The molecule has 1 heterocycles. The smallest absolute Gasteiger partial charge is 0.255 e. The lowest BCUT2D eigenvalue weighted by molar-refractivity contribution is 0.385. The topological polar surface area (TPSA) is 32.9 Å². The summed E-state index contributed by atoms with van der Waals surface area (Å²) in [6.45, 7) is 4.28. The molecule has 0 unspecified atom stereocenters. The van der Waals surface area contributed by atoms with Gasteiger partial charge < -0.3 is 4.98 Å². The number of halogens is 1. The van der Waals surface area contributed by atoms with Gasteiger partial charge in [0.25, 0.3) is 5.56 Å². The molecule has 1 N–H and O–H groups in total. The number of H-pyrrole nitrogens is 1. The molecule has 0 bridgehead atoms. The van der Waals surface area contributed by atoms with Crippen LogP contribution in [0.4, 0.5) is 0 Å². The Morgan fingerprint density at radius 3 is 2.50 bits per heavy atom. The Hall–Kier alpha value is -1.28. The van der Waals surface area contributed by atoms with E-state index in [1.165, 1.54) is 32.1 Å². The van der Waals surface area contributed by atoms with E-state index >= 15 is 0 Å². The van der Waals surface area contributed by atoms with E-state index in [0.29, 0.717) is 10.4 Å². The zero-order valence-electron chi connectivity index (χ0n) is 12.2. The first-order valence-electron chi connectivity index (χ1n) is 7.35. The normalized spacial score (nSPS) is 15.8. The van der Waals surface area contributed by atoms with Gasteiger partial charge >= 0.3 is 0 Å². The molecule has 0 aliphatic heterocycles. The molecule has 0 atom stereocenters. The molecule has 3 heteroatoms. The van der Waals surface area contributed by atoms with Crippen LogP contribution in [0, 0.1) is 12.8 Å². The number of nitrogens with one attached hydrogen (secondary N) is 1. The monoisotopic (exact) mass is 291 g/mol. The summed E-state index contributed by atoms with van der Waals surface area (Å²) in [4.78, 5) is 13.9. The zero-order chi connectivity index (χ0) is 14.5. The van der Waals surface area contributed by atoms with Crippen LogP contribution in [-0.4, -0.2) is 4.98 Å². The van der Waals surface area contributed by atoms with Crippen molar-refractivity contribution in [1.82, 2.24) is 4.98 Å². The number of aromatic amines is 1. The van der Waals surface area contributed by atoms with Crippen molar-refractivity contribution < 1.29 is 0 Å². The molecule has 108 valence electrons. The lowest BCUT2D eigenvalue weighted by atomic mass is 9.91. The van der Waals surface area contributed by atoms with Gasteiger partial charge in [-0.15, -0.1) is 0 Å². The number of aryl methyl sites for hydroxylation is 1. The van der Waals surface area contributed by atoms with E-state index in [9.17, 15) is 4.79 Å². The predicted octanol–water partition coefficient (Wildman–Crippen LogP) is 5.08. The Balaban J connectivity index is 0.000000178. The summed E-state index contributed by atoms with van der Waals surface area (Å²) in [6.07, 6.45) is 9.07. The lowest BCUT2D eigenvalue weighted by Crippen LogP contribution is -2.04. The molecular weight excluding hydrogens is 270 g/mol. The molecule has 1 aromatic heterocycles. The molecule has 0 radical (unpaired) electrons. The fourth-order valence-corrected chi connectivity index (χ4v) is 2.79. The quantitative estimate of drug-likeness (QED) is 0.721. The molecule has 0 saturated heterocycles. The summed E-state index contributed by atoms with van der Waals surface area (Å²) in [6, 6.07) is 5.47. The summed E-state index contributed by atoms with van der Waals surface area (Å²) in [7, 11) is 0. The number of rotatable bonds is 0. The van der Waals surface area contributed by atoms with E-state index in [2.05, 4.69) is 11.9 Å². The van der Waals surface area contributed by atoms with E-state index in [0.717, 1.165) is 16.9 Å². The van der Waals surface area contributed by atoms with Gasteiger partial charge in [-0.2, -0.15) is 0 Å². The minimum absolute atomic E-state index is 0.0978. The fraction of sp³-hybridized carbons (Fsp3) is 0.471. The van der Waals surface area contributed by atoms with Crippen molar-refractivity contribution in [2.75, 3.05) is 0 Å². The van der Waals surface area contributed by atoms with Gasteiger partial charge in [-0.3, -0.25) is 4.79 Å². The third kappa shape index (κ3) is 3.86. The van der Waals surface area contributed by atoms with Crippen LogP contribution in [0.2, 0.25) is 5.02 Å². The van der Waals surface area contributed by atoms with Gasteiger partial charge in [0, 0.05) is 16.6 Å². The maximum atomic E-state index is 11.3. The second-order valence-corrected chi connectivity index (χ2v) is 6.15. The number of fused-ring (bicyclic) bond motifs is 1. The van der Waals surface area contributed by atoms with Crippen LogP contribution < -0.4 is 5.56 Å². The van der Waals surface area contributed by atoms with E-state index in [1.54, 1.807) is 12.3 Å². The summed E-state index contributed by atoms with van der Waals surface area (Å²) in [5.74, 6) is 1.04. The van der Waals surface area contributed by atoms with Gasteiger partial charge in [-0.05, 0) is 42.0 Å². The van der Waals surface area contributed by atoms with Gasteiger partial charge in [0.15, 0.2) is 0 Å². The van der Waals surface area contributed by atoms with Crippen LogP contribution in [0.25, 0.3) is 10.8 Å². The Kier molecular flexibility index (Phi) is 5.24. The van der Waals surface area contributed by atoms with E-state index in [4.69, 9.17) is 11.6 Å². The maximum Gasteiger partial charge on any atom is 0.255 e. The Morgan fingerprint density at radius 2 is 1.90 bits per heavy atom. The van der Waals surface area contributed by atoms with Crippen molar-refractivity contribution in [1.29, 1.82) is 0 Å². The SMILES string of the molecule is CC1CCCCC1.Cc1cc2cc[nH]c(=O)c2cc1Cl. The largest absolute Gasteiger partial charge is 0.329 e. The number of benzene rings is 1. The fourth-order valence-electron chi connectivity index (χ4n) is 2.63. The molecule has 1 fully saturated rings. The highest BCUT2D eigenvalue weighted by Gasteiger charge is 2.06. The van der Waals surface area contributed by atoms with E-state index < -0.39 is 0 Å². The zero-order valence-corrected chi connectivity index (χ0v) is 13.0. The molecular formula is C17H22ClNO. The van der Waals surface area contributed by atoms with Gasteiger partial charge in [-0.25, -0.2) is 0 Å². The summed E-state index contributed by atoms with van der Waals surface area (Å²) < 4.78 is 0. The van der Waals surface area contributed by atoms with Crippen molar-refractivity contribution in [2.45, 2.75) is 46.0 Å². The standard InChI is InChI=1S/C10H8ClNO.C7H14/c1-6-4-7-2-3-12-10(13)8(7)5-9(6)11;1-7-5-3-2-4-6-7/h2-5H,1H3,(H,12,13);7H,2-6H2,1H3. The predicted molar refractivity (Wildman–Crippen MR) is 86.6 cm³/mol. The van der Waals surface area contributed by atoms with Crippen molar-refractivity contribution in [3.63, 3.8) is 0 Å². The molecule has 2 aromatic rings. The van der Waals surface area contributed by atoms with Crippen LogP contribution in [0.1, 0.15) is 44.6 Å². The molecule has 2 nitrogen and oxygen atoms in total. The summed E-state index contributed by atoms with van der Waals surface area (Å²) in [5.41, 5.74) is 0.888. The highest BCUT2D eigenvalue weighted by Crippen LogP contribution is 2.22.